The van der Waals surface area contributed by atoms with Gasteiger partial charge < -0.3 is 9.64 Å². The average Bonchev–Trinajstić information content (AvgIpc) is 2.56. The number of anilines is 1. The fraction of sp³-hybridized carbons (Fsp3) is 0.235. The van der Waals surface area contributed by atoms with Crippen LogP contribution < -0.4 is 14.4 Å². The van der Waals surface area contributed by atoms with E-state index in [0.29, 0.717) is 28.6 Å². The van der Waals surface area contributed by atoms with Crippen LogP contribution in [0, 0.1) is 0 Å². The zero-order valence-electron chi connectivity index (χ0n) is 13.5. The van der Waals surface area contributed by atoms with Gasteiger partial charge in [0, 0.05) is 18.2 Å². The molecule has 3 rings (SSSR count). The summed E-state index contributed by atoms with van der Waals surface area (Å²) in [5.41, 5.74) is 1.34. The van der Waals surface area contributed by atoms with Gasteiger partial charge in [-0.25, -0.2) is 0 Å². The SMILES string of the molecule is CCN1CNS(O)(O)c2cc(Oc3cccc(C(C)=O)c3)ccc21. The highest BCUT2D eigenvalue weighted by atomic mass is 32.3. The number of hydrogen-bond acceptors (Lipinski definition) is 6. The topological polar surface area (TPSA) is 82.0 Å². The Morgan fingerprint density at radius 3 is 2.71 bits per heavy atom. The maximum absolute atomic E-state index is 11.5. The third kappa shape index (κ3) is 3.25. The number of carbonyl (C=O) groups is 1. The van der Waals surface area contributed by atoms with Crippen molar-refractivity contribution in [2.24, 2.45) is 0 Å². The van der Waals surface area contributed by atoms with E-state index < -0.39 is 10.8 Å². The summed E-state index contributed by atoms with van der Waals surface area (Å²) in [5, 5.41) is 0. The van der Waals surface area contributed by atoms with Crippen molar-refractivity contribution >= 4 is 22.2 Å². The number of ether oxygens (including phenoxy) is 1. The van der Waals surface area contributed by atoms with Crippen molar-refractivity contribution in [2.45, 2.75) is 18.7 Å². The lowest BCUT2D eigenvalue weighted by molar-refractivity contribution is 0.101. The minimum absolute atomic E-state index is 0.0390. The van der Waals surface area contributed by atoms with E-state index in [-0.39, 0.29) is 5.78 Å². The first-order chi connectivity index (χ1) is 11.4. The highest BCUT2D eigenvalue weighted by Gasteiger charge is 2.28. The molecule has 0 atom stereocenters. The number of rotatable bonds is 4. The number of benzene rings is 2. The van der Waals surface area contributed by atoms with Gasteiger partial charge in [0.25, 0.3) is 0 Å². The first kappa shape index (κ1) is 16.8. The Morgan fingerprint density at radius 2 is 2.00 bits per heavy atom. The molecule has 1 aliphatic heterocycles. The van der Waals surface area contributed by atoms with E-state index in [2.05, 4.69) is 4.72 Å². The van der Waals surface area contributed by atoms with Crippen molar-refractivity contribution in [2.75, 3.05) is 18.1 Å². The summed E-state index contributed by atoms with van der Waals surface area (Å²) in [5.74, 6) is 0.965. The van der Waals surface area contributed by atoms with Crippen LogP contribution in [-0.4, -0.2) is 28.1 Å². The van der Waals surface area contributed by atoms with Gasteiger partial charge in [-0.15, -0.1) is 10.8 Å². The lowest BCUT2D eigenvalue weighted by Crippen LogP contribution is -2.40. The lowest BCUT2D eigenvalue weighted by atomic mass is 10.1. The molecule has 6 nitrogen and oxygen atoms in total. The van der Waals surface area contributed by atoms with Gasteiger partial charge in [0.05, 0.1) is 12.4 Å². The summed E-state index contributed by atoms with van der Waals surface area (Å²) in [4.78, 5) is 13.9. The fourth-order valence-corrected chi connectivity index (χ4v) is 3.84. The Balaban J connectivity index is 1.93. The highest BCUT2D eigenvalue weighted by Crippen LogP contribution is 2.52. The molecule has 0 aromatic heterocycles. The third-order valence-corrected chi connectivity index (χ3v) is 5.37. The molecule has 2 aromatic carbocycles. The Morgan fingerprint density at radius 1 is 1.25 bits per heavy atom. The first-order valence-corrected chi connectivity index (χ1v) is 9.16. The maximum Gasteiger partial charge on any atom is 0.159 e. The summed E-state index contributed by atoms with van der Waals surface area (Å²) in [7, 11) is -3.05. The van der Waals surface area contributed by atoms with Crippen LogP contribution in [0.25, 0.3) is 0 Å². The van der Waals surface area contributed by atoms with Crippen molar-refractivity contribution in [3.63, 3.8) is 0 Å². The fourth-order valence-electron chi connectivity index (χ4n) is 2.57. The van der Waals surface area contributed by atoms with Crippen LogP contribution in [0.4, 0.5) is 5.69 Å². The van der Waals surface area contributed by atoms with Crippen LogP contribution in [0.1, 0.15) is 24.2 Å². The van der Waals surface area contributed by atoms with E-state index in [1.165, 1.54) is 6.92 Å². The van der Waals surface area contributed by atoms with E-state index in [1.807, 2.05) is 17.9 Å². The maximum atomic E-state index is 11.5. The molecule has 128 valence electrons. The second-order valence-corrected chi connectivity index (χ2v) is 7.35. The highest BCUT2D eigenvalue weighted by molar-refractivity contribution is 8.22. The zero-order chi connectivity index (χ0) is 17.3. The molecule has 0 amide bonds. The second kappa shape index (κ2) is 6.45. The molecule has 24 heavy (non-hydrogen) atoms. The second-order valence-electron chi connectivity index (χ2n) is 5.52. The molecule has 1 heterocycles. The predicted octanol–water partition coefficient (Wildman–Crippen LogP) is 4.09. The van der Waals surface area contributed by atoms with Crippen LogP contribution in [0.3, 0.4) is 0 Å². The van der Waals surface area contributed by atoms with Crippen molar-refractivity contribution in [1.29, 1.82) is 0 Å². The normalized spacial score (nSPS) is 17.1. The Bertz CT molecular complexity index is 779. The molecular formula is C17H20N2O4S. The molecular weight excluding hydrogens is 328 g/mol. The quantitative estimate of drug-likeness (QED) is 0.722. The van der Waals surface area contributed by atoms with Crippen molar-refractivity contribution in [1.82, 2.24) is 4.72 Å². The molecule has 0 saturated heterocycles. The summed E-state index contributed by atoms with van der Waals surface area (Å²) >= 11 is 0. The standard InChI is InChI=1S/C17H20N2O4S/c1-3-19-11-18-24(21,22)17-10-15(7-8-16(17)19)23-14-6-4-5-13(9-14)12(2)20/h4-10,18,21-22H,3,11H2,1-2H3. The van der Waals surface area contributed by atoms with E-state index >= 15 is 0 Å². The van der Waals surface area contributed by atoms with E-state index in [4.69, 9.17) is 4.74 Å². The molecule has 0 bridgehead atoms. The van der Waals surface area contributed by atoms with Gasteiger partial charge >= 0.3 is 0 Å². The molecule has 0 aliphatic carbocycles. The number of fused-ring (bicyclic) bond motifs is 1. The molecule has 7 heteroatoms. The lowest BCUT2D eigenvalue weighted by Gasteiger charge is -2.43. The van der Waals surface area contributed by atoms with Gasteiger partial charge in [-0.3, -0.25) is 13.9 Å². The van der Waals surface area contributed by atoms with Crippen LogP contribution in [-0.2, 0) is 0 Å². The van der Waals surface area contributed by atoms with Gasteiger partial charge in [0.1, 0.15) is 16.4 Å². The summed E-state index contributed by atoms with van der Waals surface area (Å²) < 4.78 is 29.0. The third-order valence-electron chi connectivity index (χ3n) is 3.89. The molecule has 2 aromatic rings. The number of nitrogens with one attached hydrogen (secondary N) is 1. The van der Waals surface area contributed by atoms with E-state index in [9.17, 15) is 13.9 Å². The van der Waals surface area contributed by atoms with Crippen LogP contribution >= 0.6 is 10.8 Å². The van der Waals surface area contributed by atoms with Crippen LogP contribution in [0.5, 0.6) is 11.5 Å². The summed E-state index contributed by atoms with van der Waals surface area (Å²) in [6.45, 7) is 4.63. The molecule has 1 aliphatic rings. The molecule has 0 radical (unpaired) electrons. The smallest absolute Gasteiger partial charge is 0.159 e. The Kier molecular flexibility index (Phi) is 4.51. The number of carbonyl (C=O) groups excluding carboxylic acids is 1. The number of Topliss-reactive ketones (excluding diaryl/α,β-unsaturated/α-hetero) is 1. The monoisotopic (exact) mass is 348 g/mol. The molecule has 0 unspecified atom stereocenters. The molecule has 0 fully saturated rings. The van der Waals surface area contributed by atoms with Crippen molar-refractivity contribution in [3.8, 4) is 11.5 Å². The van der Waals surface area contributed by atoms with Crippen LogP contribution in [0.15, 0.2) is 47.4 Å². The van der Waals surface area contributed by atoms with E-state index in [0.717, 1.165) is 12.2 Å². The van der Waals surface area contributed by atoms with Gasteiger partial charge in [-0.05, 0) is 38.1 Å². The van der Waals surface area contributed by atoms with Gasteiger partial charge in [0.15, 0.2) is 5.78 Å². The van der Waals surface area contributed by atoms with Gasteiger partial charge in [0.2, 0.25) is 0 Å². The van der Waals surface area contributed by atoms with Crippen LogP contribution in [0.2, 0.25) is 0 Å². The van der Waals surface area contributed by atoms with E-state index in [1.54, 1.807) is 36.4 Å². The average molecular weight is 348 g/mol. The number of nitrogens with zero attached hydrogens (tertiary/aromatic N) is 1. The minimum atomic E-state index is -3.05. The molecule has 3 N–H and O–H groups in total. The number of ketones is 1. The predicted molar refractivity (Wildman–Crippen MR) is 95.1 cm³/mol. The minimum Gasteiger partial charge on any atom is -0.457 e. The van der Waals surface area contributed by atoms with Gasteiger partial charge in [-0.2, -0.15) is 4.72 Å². The van der Waals surface area contributed by atoms with Crippen molar-refractivity contribution in [3.05, 3.63) is 48.0 Å². The van der Waals surface area contributed by atoms with Gasteiger partial charge in [-0.1, -0.05) is 12.1 Å². The molecule has 0 saturated carbocycles. The molecule has 0 spiro atoms. The number of hydrogen-bond donors (Lipinski definition) is 3. The van der Waals surface area contributed by atoms with Crippen molar-refractivity contribution < 1.29 is 18.6 Å². The Labute approximate surface area is 142 Å². The zero-order valence-corrected chi connectivity index (χ0v) is 14.3. The first-order valence-electron chi connectivity index (χ1n) is 7.61. The summed E-state index contributed by atoms with van der Waals surface area (Å²) in [6, 6.07) is 12.1. The largest absolute Gasteiger partial charge is 0.457 e. The summed E-state index contributed by atoms with van der Waals surface area (Å²) in [6.07, 6.45) is 0. The Hall–Kier alpha value is -2.06.